The van der Waals surface area contributed by atoms with E-state index in [9.17, 15) is 0 Å². The summed E-state index contributed by atoms with van der Waals surface area (Å²) in [5.74, 6) is 0. The van der Waals surface area contributed by atoms with Crippen molar-refractivity contribution in [3.63, 3.8) is 0 Å². The van der Waals surface area contributed by atoms with Crippen LogP contribution in [-0.4, -0.2) is 12.5 Å². The Balaban J connectivity index is 2.80. The van der Waals surface area contributed by atoms with Gasteiger partial charge in [0.15, 0.2) is 0 Å². The summed E-state index contributed by atoms with van der Waals surface area (Å²) in [6, 6.07) is 7.85. The molecule has 0 aliphatic heterocycles. The molecule has 0 aromatic heterocycles. The summed E-state index contributed by atoms with van der Waals surface area (Å²) in [6.07, 6.45) is 0. The number of halogens is 1. The normalized spacial score (nSPS) is 9.40. The van der Waals surface area contributed by atoms with E-state index in [4.69, 9.17) is 5.02 Å². The molecule has 1 rings (SSSR count). The Morgan fingerprint density at radius 2 is 1.90 bits per heavy atom. The van der Waals surface area contributed by atoms with Gasteiger partial charge in [0.05, 0.1) is 0 Å². The third-order valence-corrected chi connectivity index (χ3v) is 2.01. The maximum atomic E-state index is 8.69. The first-order chi connectivity index (χ1) is 4.86. The van der Waals surface area contributed by atoms with E-state index in [0.717, 1.165) is 10.8 Å². The van der Waals surface area contributed by atoms with Gasteiger partial charge < -0.3 is 5.02 Å². The first kappa shape index (κ1) is 7.83. The lowest BCUT2D eigenvalue weighted by Crippen LogP contribution is -2.12. The van der Waals surface area contributed by atoms with E-state index >= 15 is 0 Å². The van der Waals surface area contributed by atoms with Gasteiger partial charge >= 0.3 is 7.48 Å². The van der Waals surface area contributed by atoms with Crippen molar-refractivity contribution >= 4 is 28.9 Å². The highest BCUT2D eigenvalue weighted by Gasteiger charge is 1.91. The molecule has 0 unspecified atom stereocenters. The maximum Gasteiger partial charge on any atom is 0.304 e. The molecule has 1 N–H and O–H groups in total. The largest absolute Gasteiger partial charge is 0.449 e. The van der Waals surface area contributed by atoms with Crippen molar-refractivity contribution in [3.05, 3.63) is 29.8 Å². The summed E-state index contributed by atoms with van der Waals surface area (Å²) in [5, 5.41) is 9.56. The minimum absolute atomic E-state index is 0.128. The highest BCUT2D eigenvalue weighted by atomic mass is 79.9. The van der Waals surface area contributed by atoms with Crippen LogP contribution in [0, 0.1) is 0 Å². The van der Waals surface area contributed by atoms with Crippen LogP contribution in [0.15, 0.2) is 24.3 Å². The van der Waals surface area contributed by atoms with Gasteiger partial charge in [-0.25, -0.2) is 0 Å². The Kier molecular flexibility index (Phi) is 2.96. The standard InChI is InChI=1S/C7H8BBrO/c9-5-6-1-3-7(8-10)4-2-6/h1-4,8,10H,5H2. The third kappa shape index (κ3) is 1.85. The molecule has 1 nitrogen and oxygen atoms in total. The molecular formula is C7H8BBrO. The molecule has 10 heavy (non-hydrogen) atoms. The molecular weight excluding hydrogens is 191 g/mol. The highest BCUT2D eigenvalue weighted by molar-refractivity contribution is 9.08. The molecule has 3 heteroatoms. The molecule has 0 atom stereocenters. The van der Waals surface area contributed by atoms with Gasteiger partial charge in [0, 0.05) is 5.33 Å². The molecule has 0 amide bonds. The van der Waals surface area contributed by atoms with Crippen molar-refractivity contribution in [3.8, 4) is 0 Å². The van der Waals surface area contributed by atoms with Crippen LogP contribution < -0.4 is 5.46 Å². The Bertz CT molecular complexity index is 174. The minimum atomic E-state index is 0.128. The molecule has 0 bridgehead atoms. The van der Waals surface area contributed by atoms with E-state index in [1.54, 1.807) is 0 Å². The predicted octanol–water partition coefficient (Wildman–Crippen LogP) is 0.551. The number of hydrogen-bond donors (Lipinski definition) is 1. The lowest BCUT2D eigenvalue weighted by atomic mass is 9.88. The molecule has 0 fully saturated rings. The van der Waals surface area contributed by atoms with E-state index in [1.807, 2.05) is 24.3 Å². The van der Waals surface area contributed by atoms with Crippen molar-refractivity contribution in [2.24, 2.45) is 0 Å². The summed E-state index contributed by atoms with van der Waals surface area (Å²) < 4.78 is 0. The molecule has 0 saturated heterocycles. The summed E-state index contributed by atoms with van der Waals surface area (Å²) in [4.78, 5) is 0. The fourth-order valence-electron chi connectivity index (χ4n) is 0.734. The third-order valence-electron chi connectivity index (χ3n) is 1.36. The zero-order valence-corrected chi connectivity index (χ0v) is 7.13. The Hall–Kier alpha value is -0.275. The number of benzene rings is 1. The van der Waals surface area contributed by atoms with Crippen LogP contribution in [0.2, 0.25) is 0 Å². The average Bonchev–Trinajstić information content (AvgIpc) is 2.05. The van der Waals surface area contributed by atoms with Crippen molar-refractivity contribution in [2.75, 3.05) is 0 Å². The zero-order chi connectivity index (χ0) is 7.40. The molecule has 1 aromatic carbocycles. The molecule has 0 spiro atoms. The van der Waals surface area contributed by atoms with Crippen LogP contribution in [-0.2, 0) is 5.33 Å². The molecule has 0 saturated carbocycles. The first-order valence-corrected chi connectivity index (χ1v) is 4.23. The van der Waals surface area contributed by atoms with Gasteiger partial charge in [-0.05, 0) is 5.56 Å². The molecule has 0 aliphatic carbocycles. The van der Waals surface area contributed by atoms with Gasteiger partial charge in [-0.15, -0.1) is 0 Å². The summed E-state index contributed by atoms with van der Waals surface area (Å²) in [6.45, 7) is 0. The van der Waals surface area contributed by atoms with Gasteiger partial charge in [-0.1, -0.05) is 45.7 Å². The van der Waals surface area contributed by atoms with Crippen molar-refractivity contribution in [2.45, 2.75) is 5.33 Å². The van der Waals surface area contributed by atoms with E-state index in [1.165, 1.54) is 5.56 Å². The SMILES string of the molecule is OBc1ccc(CBr)cc1. The first-order valence-electron chi connectivity index (χ1n) is 3.11. The van der Waals surface area contributed by atoms with Gasteiger partial charge in [-0.2, -0.15) is 0 Å². The minimum Gasteiger partial charge on any atom is -0.449 e. The predicted molar refractivity (Wildman–Crippen MR) is 48.1 cm³/mol. The Morgan fingerprint density at radius 3 is 2.30 bits per heavy atom. The van der Waals surface area contributed by atoms with Gasteiger partial charge in [-0.3, -0.25) is 0 Å². The number of rotatable bonds is 2. The fourth-order valence-corrected chi connectivity index (χ4v) is 1.11. The second-order valence-electron chi connectivity index (χ2n) is 2.11. The molecule has 0 aliphatic rings. The quantitative estimate of drug-likeness (QED) is 0.544. The van der Waals surface area contributed by atoms with Crippen LogP contribution in [0.5, 0.6) is 0 Å². The van der Waals surface area contributed by atoms with Crippen molar-refractivity contribution in [1.29, 1.82) is 0 Å². The van der Waals surface area contributed by atoms with E-state index in [2.05, 4.69) is 15.9 Å². The second kappa shape index (κ2) is 3.79. The summed E-state index contributed by atoms with van der Waals surface area (Å²) in [5.41, 5.74) is 2.20. The van der Waals surface area contributed by atoms with E-state index < -0.39 is 0 Å². The molecule has 0 heterocycles. The molecule has 52 valence electrons. The summed E-state index contributed by atoms with van der Waals surface area (Å²) in [7, 11) is 0.128. The van der Waals surface area contributed by atoms with Crippen LogP contribution in [0.4, 0.5) is 0 Å². The van der Waals surface area contributed by atoms with Crippen LogP contribution in [0.25, 0.3) is 0 Å². The van der Waals surface area contributed by atoms with E-state index in [0.29, 0.717) is 0 Å². The maximum absolute atomic E-state index is 8.69. The fraction of sp³-hybridized carbons (Fsp3) is 0.143. The highest BCUT2D eigenvalue weighted by Crippen LogP contribution is 2.01. The smallest absolute Gasteiger partial charge is 0.304 e. The number of alkyl halides is 1. The van der Waals surface area contributed by atoms with Crippen LogP contribution >= 0.6 is 15.9 Å². The Labute approximate surface area is 69.5 Å². The van der Waals surface area contributed by atoms with Crippen molar-refractivity contribution in [1.82, 2.24) is 0 Å². The lowest BCUT2D eigenvalue weighted by Gasteiger charge is -1.95. The van der Waals surface area contributed by atoms with Gasteiger partial charge in [0.25, 0.3) is 0 Å². The summed E-state index contributed by atoms with van der Waals surface area (Å²) >= 11 is 3.34. The van der Waals surface area contributed by atoms with Gasteiger partial charge in [0.2, 0.25) is 0 Å². The van der Waals surface area contributed by atoms with Gasteiger partial charge in [0.1, 0.15) is 0 Å². The van der Waals surface area contributed by atoms with Crippen molar-refractivity contribution < 1.29 is 5.02 Å². The molecule has 1 aromatic rings. The van der Waals surface area contributed by atoms with E-state index in [-0.39, 0.29) is 7.48 Å². The second-order valence-corrected chi connectivity index (χ2v) is 2.67. The van der Waals surface area contributed by atoms with Crippen LogP contribution in [0.3, 0.4) is 0 Å². The molecule has 0 radical (unpaired) electrons. The Morgan fingerprint density at radius 1 is 1.30 bits per heavy atom. The van der Waals surface area contributed by atoms with Crippen LogP contribution in [0.1, 0.15) is 5.56 Å². The zero-order valence-electron chi connectivity index (χ0n) is 5.55. The average molecular weight is 199 g/mol. The monoisotopic (exact) mass is 198 g/mol. The topological polar surface area (TPSA) is 20.2 Å². The number of hydrogen-bond acceptors (Lipinski definition) is 1. The lowest BCUT2D eigenvalue weighted by molar-refractivity contribution is 0.615.